The number of nitrogens with one attached hydrogen (secondary N) is 1. The monoisotopic (exact) mass is 299 g/mol. The summed E-state index contributed by atoms with van der Waals surface area (Å²) in [6.45, 7) is 9.12. The van der Waals surface area contributed by atoms with Crippen molar-refractivity contribution in [2.75, 3.05) is 24.7 Å². The molecule has 3 heteroatoms. The minimum absolute atomic E-state index is 0.233. The molecule has 0 aromatic rings. The van der Waals surface area contributed by atoms with E-state index in [1.54, 1.807) is 0 Å². The molecule has 0 saturated carbocycles. The molecule has 0 aromatic carbocycles. The first-order valence-corrected chi connectivity index (χ1v) is 9.76. The molecule has 0 radical (unpaired) electrons. The molecule has 2 rings (SSSR count). The van der Waals surface area contributed by atoms with Crippen LogP contribution in [0, 0.1) is 11.8 Å². The van der Waals surface area contributed by atoms with Crippen LogP contribution in [0.3, 0.4) is 0 Å². The lowest BCUT2D eigenvalue weighted by Gasteiger charge is -2.45. The summed E-state index contributed by atoms with van der Waals surface area (Å²) in [6.07, 6.45) is 7.65. The maximum atomic E-state index is 6.26. The fourth-order valence-electron chi connectivity index (χ4n) is 3.78. The molecule has 0 amide bonds. The largest absolute Gasteiger partial charge is 0.375 e. The van der Waals surface area contributed by atoms with Gasteiger partial charge in [0.15, 0.2) is 0 Å². The van der Waals surface area contributed by atoms with Gasteiger partial charge < -0.3 is 10.1 Å². The van der Waals surface area contributed by atoms with Crippen molar-refractivity contribution in [1.82, 2.24) is 5.32 Å². The van der Waals surface area contributed by atoms with Crippen molar-refractivity contribution in [3.05, 3.63) is 0 Å². The number of rotatable bonds is 6. The standard InChI is InChI=1S/C17H33NOS/c1-4-8-18-16(12-14(2)3)15-5-9-19-17(13-15)6-10-20-11-7-17/h14-16,18H,4-13H2,1-3H3. The van der Waals surface area contributed by atoms with E-state index in [4.69, 9.17) is 4.74 Å². The van der Waals surface area contributed by atoms with Gasteiger partial charge in [0.05, 0.1) is 5.60 Å². The van der Waals surface area contributed by atoms with Gasteiger partial charge in [0, 0.05) is 12.6 Å². The topological polar surface area (TPSA) is 21.3 Å². The summed E-state index contributed by atoms with van der Waals surface area (Å²) in [7, 11) is 0. The van der Waals surface area contributed by atoms with Crippen molar-refractivity contribution in [1.29, 1.82) is 0 Å². The Morgan fingerprint density at radius 1 is 1.30 bits per heavy atom. The fourth-order valence-corrected chi connectivity index (χ4v) is 5.02. The second-order valence-electron chi connectivity index (χ2n) is 7.09. The maximum absolute atomic E-state index is 6.26. The van der Waals surface area contributed by atoms with E-state index >= 15 is 0 Å². The zero-order chi connectivity index (χ0) is 14.4. The predicted octanol–water partition coefficient (Wildman–Crippen LogP) is 4.09. The van der Waals surface area contributed by atoms with Crippen LogP contribution in [-0.2, 0) is 4.74 Å². The average molecular weight is 300 g/mol. The van der Waals surface area contributed by atoms with Crippen molar-refractivity contribution in [2.24, 2.45) is 11.8 Å². The lowest BCUT2D eigenvalue weighted by molar-refractivity contribution is -0.108. The molecule has 2 nitrogen and oxygen atoms in total. The van der Waals surface area contributed by atoms with Crippen molar-refractivity contribution < 1.29 is 4.74 Å². The van der Waals surface area contributed by atoms with Crippen LogP contribution in [0.4, 0.5) is 0 Å². The number of hydrogen-bond donors (Lipinski definition) is 1. The van der Waals surface area contributed by atoms with Gasteiger partial charge in [-0.25, -0.2) is 0 Å². The number of hydrogen-bond acceptors (Lipinski definition) is 3. The number of ether oxygens (including phenoxy) is 1. The molecule has 2 aliphatic heterocycles. The van der Waals surface area contributed by atoms with Gasteiger partial charge in [-0.1, -0.05) is 20.8 Å². The smallest absolute Gasteiger partial charge is 0.0701 e. The van der Waals surface area contributed by atoms with Gasteiger partial charge >= 0.3 is 0 Å². The van der Waals surface area contributed by atoms with Gasteiger partial charge in [0.2, 0.25) is 0 Å². The van der Waals surface area contributed by atoms with E-state index in [1.165, 1.54) is 50.0 Å². The first-order chi connectivity index (χ1) is 9.65. The predicted molar refractivity (Wildman–Crippen MR) is 89.5 cm³/mol. The van der Waals surface area contributed by atoms with Gasteiger partial charge in [0.1, 0.15) is 0 Å². The Labute approximate surface area is 129 Å². The quantitative estimate of drug-likeness (QED) is 0.798. The van der Waals surface area contributed by atoms with Gasteiger partial charge in [-0.2, -0.15) is 11.8 Å². The van der Waals surface area contributed by atoms with Crippen molar-refractivity contribution >= 4 is 11.8 Å². The average Bonchev–Trinajstić information content (AvgIpc) is 2.44. The van der Waals surface area contributed by atoms with Crippen LogP contribution < -0.4 is 5.32 Å². The van der Waals surface area contributed by atoms with Crippen LogP contribution >= 0.6 is 11.8 Å². The normalized spacial score (nSPS) is 27.9. The highest BCUT2D eigenvalue weighted by atomic mass is 32.2. The maximum Gasteiger partial charge on any atom is 0.0701 e. The van der Waals surface area contributed by atoms with Crippen LogP contribution in [0.25, 0.3) is 0 Å². The van der Waals surface area contributed by atoms with Gasteiger partial charge in [0.25, 0.3) is 0 Å². The summed E-state index contributed by atoms with van der Waals surface area (Å²) >= 11 is 2.10. The van der Waals surface area contributed by atoms with E-state index < -0.39 is 0 Å². The molecule has 2 saturated heterocycles. The van der Waals surface area contributed by atoms with Crippen molar-refractivity contribution in [2.45, 2.75) is 70.9 Å². The molecule has 1 N–H and O–H groups in total. The summed E-state index contributed by atoms with van der Waals surface area (Å²) in [6, 6.07) is 0.699. The summed E-state index contributed by atoms with van der Waals surface area (Å²) in [5.41, 5.74) is 0.233. The first kappa shape index (κ1) is 16.6. The van der Waals surface area contributed by atoms with Crippen LogP contribution in [-0.4, -0.2) is 36.3 Å². The first-order valence-electron chi connectivity index (χ1n) is 8.60. The van der Waals surface area contributed by atoms with E-state index in [-0.39, 0.29) is 5.60 Å². The van der Waals surface area contributed by atoms with E-state index in [2.05, 4.69) is 37.8 Å². The molecule has 0 bridgehead atoms. The summed E-state index contributed by atoms with van der Waals surface area (Å²) in [5.74, 6) is 4.19. The minimum atomic E-state index is 0.233. The Hall–Kier alpha value is 0.270. The molecule has 2 atom stereocenters. The molecule has 1 spiro atoms. The Bertz CT molecular complexity index is 271. The van der Waals surface area contributed by atoms with E-state index in [0.29, 0.717) is 6.04 Å². The molecule has 2 aliphatic rings. The van der Waals surface area contributed by atoms with E-state index in [1.807, 2.05) is 0 Å². The summed E-state index contributed by atoms with van der Waals surface area (Å²) in [4.78, 5) is 0. The van der Waals surface area contributed by atoms with Gasteiger partial charge in [-0.3, -0.25) is 0 Å². The molecule has 20 heavy (non-hydrogen) atoms. The SMILES string of the molecule is CCCNC(CC(C)C)C1CCOC2(CCSCC2)C1. The Balaban J connectivity index is 1.96. The molecule has 2 unspecified atom stereocenters. The summed E-state index contributed by atoms with van der Waals surface area (Å²) < 4.78 is 6.26. The van der Waals surface area contributed by atoms with Crippen LogP contribution in [0.1, 0.15) is 59.3 Å². The number of thioether (sulfide) groups is 1. The van der Waals surface area contributed by atoms with E-state index in [9.17, 15) is 0 Å². The van der Waals surface area contributed by atoms with Crippen molar-refractivity contribution in [3.8, 4) is 0 Å². The van der Waals surface area contributed by atoms with Crippen molar-refractivity contribution in [3.63, 3.8) is 0 Å². The van der Waals surface area contributed by atoms with Gasteiger partial charge in [-0.05, 0) is 68.4 Å². The Kier molecular flexibility index (Phi) is 6.70. The molecule has 2 heterocycles. The highest BCUT2D eigenvalue weighted by molar-refractivity contribution is 7.99. The lowest BCUT2D eigenvalue weighted by atomic mass is 9.77. The highest BCUT2D eigenvalue weighted by Gasteiger charge is 2.40. The molecule has 2 fully saturated rings. The third kappa shape index (κ3) is 4.64. The second-order valence-corrected chi connectivity index (χ2v) is 8.31. The summed E-state index contributed by atoms with van der Waals surface area (Å²) in [5, 5.41) is 3.83. The zero-order valence-corrected chi connectivity index (χ0v) is 14.4. The molecule has 0 aliphatic carbocycles. The molecule has 0 aromatic heterocycles. The highest BCUT2D eigenvalue weighted by Crippen LogP contribution is 2.41. The third-order valence-electron chi connectivity index (χ3n) is 4.89. The van der Waals surface area contributed by atoms with E-state index in [0.717, 1.165) is 25.0 Å². The molecule has 118 valence electrons. The van der Waals surface area contributed by atoms with Crippen LogP contribution in [0.5, 0.6) is 0 Å². The third-order valence-corrected chi connectivity index (χ3v) is 5.87. The Morgan fingerprint density at radius 3 is 2.70 bits per heavy atom. The minimum Gasteiger partial charge on any atom is -0.375 e. The molecular weight excluding hydrogens is 266 g/mol. The Morgan fingerprint density at radius 2 is 2.05 bits per heavy atom. The fraction of sp³-hybridized carbons (Fsp3) is 1.00. The molecular formula is C17H33NOS. The van der Waals surface area contributed by atoms with Crippen LogP contribution in [0.2, 0.25) is 0 Å². The van der Waals surface area contributed by atoms with Gasteiger partial charge in [-0.15, -0.1) is 0 Å². The zero-order valence-electron chi connectivity index (χ0n) is 13.6. The van der Waals surface area contributed by atoms with Crippen LogP contribution in [0.15, 0.2) is 0 Å². The second kappa shape index (κ2) is 8.05. The lowest BCUT2D eigenvalue weighted by Crippen LogP contribution is -2.49.